The fourth-order valence-corrected chi connectivity index (χ4v) is 0. The Labute approximate surface area is 108 Å². The molecule has 0 fully saturated rings. The van der Waals surface area contributed by atoms with Crippen molar-refractivity contribution in [2.24, 2.45) is 0 Å². The van der Waals surface area contributed by atoms with Crippen LogP contribution in [0.3, 0.4) is 0 Å². The topological polar surface area (TPSA) is 262 Å². The van der Waals surface area contributed by atoms with Gasteiger partial charge in [-0.15, -0.1) is 10.1 Å². The molecule has 0 radical (unpaired) electrons. The average Bonchev–Trinajstić information content (AvgIpc) is 1.76. The largest absolute Gasteiger partial charge is 0.356 e. The van der Waals surface area contributed by atoms with Gasteiger partial charge >= 0.3 is 0 Å². The normalized spacial score (nSPS) is 5.65. The summed E-state index contributed by atoms with van der Waals surface area (Å²) in [5.74, 6) is 0. The summed E-state index contributed by atoms with van der Waals surface area (Å²) in [7, 11) is 0. The van der Waals surface area contributed by atoms with Crippen LogP contribution in [0.5, 0.6) is 0 Å². The summed E-state index contributed by atoms with van der Waals surface area (Å²) in [6, 6.07) is 0. The number of hydrogen-bond donors (Lipinski definition) is 1. The van der Waals surface area contributed by atoms with E-state index in [2.05, 4.69) is 0 Å². The quantitative estimate of drug-likeness (QED) is 0.408. The summed E-state index contributed by atoms with van der Waals surface area (Å²) >= 11 is 0. The van der Waals surface area contributed by atoms with Crippen LogP contribution in [-0.2, 0) is 26.2 Å². The predicted octanol–water partition coefficient (Wildman–Crippen LogP) is -1.07. The van der Waals surface area contributed by atoms with Gasteiger partial charge in [-0.3, -0.25) is 0 Å². The van der Waals surface area contributed by atoms with Crippen LogP contribution in [0.15, 0.2) is 0 Å². The fourth-order valence-electron chi connectivity index (χ4n) is 0. The van der Waals surface area contributed by atoms with Gasteiger partial charge in [-0.2, -0.15) is 0 Å². The zero-order valence-electron chi connectivity index (χ0n) is 7.23. The molecule has 0 aliphatic carbocycles. The van der Waals surface area contributed by atoms with Crippen molar-refractivity contribution in [3.05, 3.63) is 56.1 Å². The van der Waals surface area contributed by atoms with Crippen LogP contribution >= 0.6 is 0 Å². The number of rotatable bonds is 0. The van der Waals surface area contributed by atoms with Crippen LogP contribution in [0.2, 0.25) is 0 Å². The van der Waals surface area contributed by atoms with E-state index in [1.165, 1.54) is 0 Å². The van der Waals surface area contributed by atoms with Gasteiger partial charge in [-0.05, 0) is 0 Å². The van der Waals surface area contributed by atoms with E-state index in [0.717, 1.165) is 0 Å². The Morgan fingerprint density at radius 2 is 0.588 bits per heavy atom. The first-order chi connectivity index (χ1) is 6.93. The molecule has 17 heavy (non-hydrogen) atoms. The first-order valence-electron chi connectivity index (χ1n) is 2.21. The number of nitrogens with zero attached hydrogens (tertiary/aromatic N) is 4. The van der Waals surface area contributed by atoms with Crippen molar-refractivity contribution in [1.29, 1.82) is 0 Å². The smallest absolute Gasteiger partial charge is 0.291 e. The van der Waals surface area contributed by atoms with Crippen LogP contribution in [0.1, 0.15) is 0 Å². The molecule has 0 saturated heterocycles. The second kappa shape index (κ2) is 23.5. The van der Waals surface area contributed by atoms with Gasteiger partial charge in [0.15, 0.2) is 0 Å². The van der Waals surface area contributed by atoms with E-state index in [1.807, 2.05) is 0 Å². The molecule has 0 amide bonds. The van der Waals surface area contributed by atoms with Gasteiger partial charge in [-0.25, -0.2) is 0 Å². The summed E-state index contributed by atoms with van der Waals surface area (Å²) in [5, 5.41) is 57.9. The van der Waals surface area contributed by atoms with Crippen molar-refractivity contribution in [2.75, 3.05) is 0 Å². The molecular formula is HN4O12Zr-3. The molecule has 0 unspecified atom stereocenters. The Morgan fingerprint density at radius 3 is 0.588 bits per heavy atom. The van der Waals surface area contributed by atoms with Gasteiger partial charge in [0.05, 0.1) is 15.3 Å². The zero-order valence-corrected chi connectivity index (χ0v) is 9.68. The summed E-state index contributed by atoms with van der Waals surface area (Å²) in [6.07, 6.45) is 0. The van der Waals surface area contributed by atoms with Gasteiger partial charge in [0.25, 0.3) is 5.09 Å². The maximum absolute atomic E-state index is 8.36. The van der Waals surface area contributed by atoms with Crippen molar-refractivity contribution in [3.8, 4) is 0 Å². The molecule has 0 heterocycles. The molecule has 16 nitrogen and oxygen atoms in total. The molecule has 100 valence electrons. The standard InChI is InChI=1S/HNO3.3NO3.Zr/c4*2-1(3)4;/h(H,2,3,4);;;;/q;3*-1;. The van der Waals surface area contributed by atoms with Crippen LogP contribution < -0.4 is 0 Å². The summed E-state index contributed by atoms with van der Waals surface area (Å²) < 4.78 is 0. The van der Waals surface area contributed by atoms with E-state index in [4.69, 9.17) is 61.3 Å². The van der Waals surface area contributed by atoms with Gasteiger partial charge in [0.2, 0.25) is 0 Å². The van der Waals surface area contributed by atoms with E-state index in [-0.39, 0.29) is 26.2 Å². The zero-order chi connectivity index (χ0) is 14.3. The summed E-state index contributed by atoms with van der Waals surface area (Å²) in [6.45, 7) is 0. The third-order valence-electron chi connectivity index (χ3n) is 0. The maximum atomic E-state index is 8.36. The molecule has 1 N–H and O–H groups in total. The van der Waals surface area contributed by atoms with E-state index in [9.17, 15) is 0 Å². The molecule has 0 aliphatic rings. The molecule has 0 spiro atoms. The van der Waals surface area contributed by atoms with Crippen molar-refractivity contribution < 1.29 is 51.8 Å². The van der Waals surface area contributed by atoms with Gasteiger partial charge in [0, 0.05) is 26.2 Å². The Bertz CT molecular complexity index is 159. The monoisotopic (exact) mass is 339 g/mol. The second-order valence-corrected chi connectivity index (χ2v) is 0.909. The van der Waals surface area contributed by atoms with E-state index in [1.54, 1.807) is 0 Å². The van der Waals surface area contributed by atoms with Crippen LogP contribution in [0.4, 0.5) is 0 Å². The molecule has 0 aliphatic heterocycles. The Morgan fingerprint density at radius 1 is 0.588 bits per heavy atom. The predicted molar refractivity (Wildman–Crippen MR) is 39.9 cm³/mol. The van der Waals surface area contributed by atoms with E-state index < -0.39 is 20.3 Å². The minimum Gasteiger partial charge on any atom is -0.356 e. The molecule has 17 heteroatoms. The molecule has 0 bridgehead atoms. The SMILES string of the molecule is O=[N+]([O-])O.O=[N+]([O-])[O-].O=[N+]([O-])[O-].O=[N+]([O-])[O-].[Zr]. The molecule has 0 aromatic rings. The molecule has 0 saturated carbocycles. The van der Waals surface area contributed by atoms with Gasteiger partial charge in [0.1, 0.15) is 0 Å². The van der Waals surface area contributed by atoms with Crippen LogP contribution in [0, 0.1) is 56.1 Å². The van der Waals surface area contributed by atoms with Crippen LogP contribution in [-0.4, -0.2) is 25.6 Å². The van der Waals surface area contributed by atoms with Gasteiger partial charge < -0.3 is 51.2 Å². The molecular weight excluding hydrogens is 339 g/mol. The van der Waals surface area contributed by atoms with E-state index >= 15 is 0 Å². The van der Waals surface area contributed by atoms with Crippen molar-refractivity contribution in [2.45, 2.75) is 0 Å². The molecule has 0 aromatic carbocycles. The van der Waals surface area contributed by atoms with Crippen molar-refractivity contribution in [1.82, 2.24) is 0 Å². The van der Waals surface area contributed by atoms with Gasteiger partial charge in [-0.1, -0.05) is 0 Å². The third kappa shape index (κ3) is 348. The second-order valence-electron chi connectivity index (χ2n) is 0.909. The fraction of sp³-hybridized carbons (Fsp3) is 0. The Hall–Kier alpha value is -2.32. The van der Waals surface area contributed by atoms with E-state index in [0.29, 0.717) is 0 Å². The third-order valence-corrected chi connectivity index (χ3v) is 0. The molecule has 0 aromatic heterocycles. The summed E-state index contributed by atoms with van der Waals surface area (Å²) in [5.41, 5.74) is 0. The molecule has 0 atom stereocenters. The average molecular weight is 340 g/mol. The van der Waals surface area contributed by atoms with Crippen molar-refractivity contribution >= 4 is 0 Å². The molecule has 0 rings (SSSR count). The van der Waals surface area contributed by atoms with Crippen molar-refractivity contribution in [3.63, 3.8) is 0 Å². The first kappa shape index (κ1) is 29.3. The Kier molecular flexibility index (Phi) is 40.5. The summed E-state index contributed by atoms with van der Waals surface area (Å²) in [4.78, 5) is 33.1. The first-order valence-corrected chi connectivity index (χ1v) is 2.21. The number of hydrogen-bond acceptors (Lipinski definition) is 11. The Balaban J connectivity index is -0.0000000369. The maximum Gasteiger partial charge on any atom is 0.291 e. The van der Waals surface area contributed by atoms with Crippen LogP contribution in [0.25, 0.3) is 0 Å². The minimum atomic E-state index is -1.75. The minimum absolute atomic E-state index is 0.